The molecule has 1 unspecified atom stereocenters. The average Bonchev–Trinajstić information content (AvgIpc) is 2.38. The molecular formula is C16H25N3O2. The first-order valence-electron chi connectivity index (χ1n) is 7.13. The SMILES string of the molecule is CC(=O)c1cccc(NC(=O)NCC(C(C)C)N(C)C)c1. The summed E-state index contributed by atoms with van der Waals surface area (Å²) in [4.78, 5) is 25.3. The minimum absolute atomic E-state index is 0.0217. The van der Waals surface area contributed by atoms with Gasteiger partial charge in [-0.1, -0.05) is 26.0 Å². The van der Waals surface area contributed by atoms with Gasteiger partial charge in [0.25, 0.3) is 0 Å². The van der Waals surface area contributed by atoms with Crippen LogP contribution in [0.1, 0.15) is 31.1 Å². The third-order valence-electron chi connectivity index (χ3n) is 3.43. The highest BCUT2D eigenvalue weighted by Crippen LogP contribution is 2.11. The summed E-state index contributed by atoms with van der Waals surface area (Å²) >= 11 is 0. The van der Waals surface area contributed by atoms with Crippen molar-refractivity contribution in [2.45, 2.75) is 26.8 Å². The summed E-state index contributed by atoms with van der Waals surface area (Å²) in [7, 11) is 4.00. The number of benzene rings is 1. The molecular weight excluding hydrogens is 266 g/mol. The molecule has 1 atom stereocenters. The Kier molecular flexibility index (Phi) is 6.37. The van der Waals surface area contributed by atoms with E-state index in [9.17, 15) is 9.59 Å². The summed E-state index contributed by atoms with van der Waals surface area (Å²) in [6, 6.07) is 6.93. The lowest BCUT2D eigenvalue weighted by atomic mass is 10.0. The van der Waals surface area contributed by atoms with E-state index < -0.39 is 0 Å². The number of hydrogen-bond acceptors (Lipinski definition) is 3. The van der Waals surface area contributed by atoms with Crippen molar-refractivity contribution in [2.75, 3.05) is 26.0 Å². The molecule has 21 heavy (non-hydrogen) atoms. The third kappa shape index (κ3) is 5.55. The lowest BCUT2D eigenvalue weighted by Crippen LogP contribution is -2.44. The van der Waals surface area contributed by atoms with Crippen LogP contribution in [0.3, 0.4) is 0 Å². The van der Waals surface area contributed by atoms with Crippen molar-refractivity contribution in [3.05, 3.63) is 29.8 Å². The van der Waals surface area contributed by atoms with E-state index in [0.717, 1.165) is 0 Å². The first-order valence-corrected chi connectivity index (χ1v) is 7.13. The van der Waals surface area contributed by atoms with Gasteiger partial charge in [0.15, 0.2) is 5.78 Å². The Hall–Kier alpha value is -1.88. The number of anilines is 1. The fraction of sp³-hybridized carbons (Fsp3) is 0.500. The zero-order chi connectivity index (χ0) is 16.0. The highest BCUT2D eigenvalue weighted by Gasteiger charge is 2.16. The van der Waals surface area contributed by atoms with Crippen molar-refractivity contribution in [2.24, 2.45) is 5.92 Å². The number of rotatable bonds is 6. The number of hydrogen-bond donors (Lipinski definition) is 2. The summed E-state index contributed by atoms with van der Waals surface area (Å²) < 4.78 is 0. The number of likely N-dealkylation sites (N-methyl/N-ethyl adjacent to an activating group) is 1. The molecule has 1 aromatic rings. The molecule has 0 heterocycles. The molecule has 0 fully saturated rings. The van der Waals surface area contributed by atoms with E-state index in [1.807, 2.05) is 14.1 Å². The Labute approximate surface area is 126 Å². The van der Waals surface area contributed by atoms with Crippen molar-refractivity contribution in [3.8, 4) is 0 Å². The number of nitrogens with one attached hydrogen (secondary N) is 2. The quantitative estimate of drug-likeness (QED) is 0.792. The Morgan fingerprint density at radius 3 is 2.43 bits per heavy atom. The van der Waals surface area contributed by atoms with Crippen molar-refractivity contribution in [1.82, 2.24) is 10.2 Å². The molecule has 0 bridgehead atoms. The number of nitrogens with zero attached hydrogens (tertiary/aromatic N) is 1. The average molecular weight is 291 g/mol. The van der Waals surface area contributed by atoms with E-state index in [4.69, 9.17) is 0 Å². The number of amides is 2. The number of carbonyl (C=O) groups is 2. The number of Topliss-reactive ketones (excluding diaryl/α,β-unsaturated/α-hetero) is 1. The van der Waals surface area contributed by atoms with E-state index in [2.05, 4.69) is 29.4 Å². The van der Waals surface area contributed by atoms with Gasteiger partial charge in [0.05, 0.1) is 0 Å². The first-order chi connectivity index (χ1) is 9.81. The second-order valence-corrected chi connectivity index (χ2v) is 5.75. The fourth-order valence-corrected chi connectivity index (χ4v) is 2.20. The van der Waals surface area contributed by atoms with Crippen LogP contribution in [0.2, 0.25) is 0 Å². The van der Waals surface area contributed by atoms with E-state index >= 15 is 0 Å². The van der Waals surface area contributed by atoms with Gasteiger partial charge in [-0.3, -0.25) is 4.79 Å². The Morgan fingerprint density at radius 1 is 1.24 bits per heavy atom. The predicted octanol–water partition coefficient (Wildman–Crippen LogP) is 2.60. The maximum atomic E-state index is 11.9. The molecule has 1 rings (SSSR count). The molecule has 0 spiro atoms. The zero-order valence-corrected chi connectivity index (χ0v) is 13.4. The largest absolute Gasteiger partial charge is 0.336 e. The predicted molar refractivity (Wildman–Crippen MR) is 85.8 cm³/mol. The van der Waals surface area contributed by atoms with Crippen molar-refractivity contribution in [1.29, 1.82) is 0 Å². The molecule has 0 saturated carbocycles. The smallest absolute Gasteiger partial charge is 0.319 e. The van der Waals surface area contributed by atoms with Crippen LogP contribution in [0.25, 0.3) is 0 Å². The summed E-state index contributed by atoms with van der Waals surface area (Å²) in [6.07, 6.45) is 0. The molecule has 0 aliphatic heterocycles. The Balaban J connectivity index is 2.58. The molecule has 5 nitrogen and oxygen atoms in total. The molecule has 0 aliphatic carbocycles. The molecule has 2 N–H and O–H groups in total. The highest BCUT2D eigenvalue weighted by molar-refractivity contribution is 5.96. The minimum Gasteiger partial charge on any atom is -0.336 e. The van der Waals surface area contributed by atoms with E-state index in [0.29, 0.717) is 23.7 Å². The molecule has 1 aromatic carbocycles. The van der Waals surface area contributed by atoms with Gasteiger partial charge in [0.1, 0.15) is 0 Å². The summed E-state index contributed by atoms with van der Waals surface area (Å²) in [6.45, 7) is 6.33. The maximum absolute atomic E-state index is 11.9. The summed E-state index contributed by atoms with van der Waals surface area (Å²) in [5, 5.41) is 5.62. The maximum Gasteiger partial charge on any atom is 0.319 e. The van der Waals surface area contributed by atoms with Gasteiger partial charge in [-0.25, -0.2) is 4.79 Å². The first kappa shape index (κ1) is 17.2. The second kappa shape index (κ2) is 7.78. The van der Waals surface area contributed by atoms with E-state index in [1.165, 1.54) is 6.92 Å². The lowest BCUT2D eigenvalue weighted by Gasteiger charge is -2.28. The van der Waals surface area contributed by atoms with Crippen LogP contribution in [-0.2, 0) is 0 Å². The standard InChI is InChI=1S/C16H25N3O2/c1-11(2)15(19(4)5)10-17-16(21)18-14-8-6-7-13(9-14)12(3)20/h6-9,11,15H,10H2,1-5H3,(H2,17,18,21). The van der Waals surface area contributed by atoms with Crippen LogP contribution in [0.5, 0.6) is 0 Å². The van der Waals surface area contributed by atoms with Crippen LogP contribution in [0.15, 0.2) is 24.3 Å². The lowest BCUT2D eigenvalue weighted by molar-refractivity contribution is 0.101. The molecule has 5 heteroatoms. The topological polar surface area (TPSA) is 61.4 Å². The van der Waals surface area contributed by atoms with E-state index in [-0.39, 0.29) is 17.9 Å². The second-order valence-electron chi connectivity index (χ2n) is 5.75. The number of ketones is 1. The Morgan fingerprint density at radius 2 is 1.90 bits per heavy atom. The van der Waals surface area contributed by atoms with Crippen LogP contribution in [0.4, 0.5) is 10.5 Å². The molecule has 116 valence electrons. The fourth-order valence-electron chi connectivity index (χ4n) is 2.20. The van der Waals surface area contributed by atoms with Gasteiger partial charge < -0.3 is 15.5 Å². The van der Waals surface area contributed by atoms with Gasteiger partial charge in [-0.05, 0) is 39.1 Å². The minimum atomic E-state index is -0.261. The summed E-state index contributed by atoms with van der Waals surface area (Å²) in [5.41, 5.74) is 1.20. The van der Waals surface area contributed by atoms with Gasteiger partial charge in [-0.2, -0.15) is 0 Å². The van der Waals surface area contributed by atoms with Crippen molar-refractivity contribution >= 4 is 17.5 Å². The number of carbonyl (C=O) groups excluding carboxylic acids is 2. The molecule has 0 aliphatic rings. The van der Waals surface area contributed by atoms with Crippen molar-refractivity contribution < 1.29 is 9.59 Å². The molecule has 2 amide bonds. The molecule has 0 aromatic heterocycles. The number of urea groups is 1. The van der Waals surface area contributed by atoms with Crippen LogP contribution >= 0.6 is 0 Å². The van der Waals surface area contributed by atoms with Crippen LogP contribution in [0, 0.1) is 5.92 Å². The van der Waals surface area contributed by atoms with E-state index in [1.54, 1.807) is 24.3 Å². The summed E-state index contributed by atoms with van der Waals surface area (Å²) in [5.74, 6) is 0.424. The normalized spacial score (nSPS) is 12.3. The molecule has 0 radical (unpaired) electrons. The Bertz CT molecular complexity index is 490. The highest BCUT2D eigenvalue weighted by atomic mass is 16.2. The van der Waals surface area contributed by atoms with Gasteiger partial charge in [-0.15, -0.1) is 0 Å². The van der Waals surface area contributed by atoms with Crippen LogP contribution in [-0.4, -0.2) is 43.4 Å². The van der Waals surface area contributed by atoms with Crippen LogP contribution < -0.4 is 10.6 Å². The molecule has 0 saturated heterocycles. The van der Waals surface area contributed by atoms with Gasteiger partial charge in [0.2, 0.25) is 0 Å². The van der Waals surface area contributed by atoms with Gasteiger partial charge >= 0.3 is 6.03 Å². The van der Waals surface area contributed by atoms with Gasteiger partial charge in [0, 0.05) is 23.8 Å². The zero-order valence-electron chi connectivity index (χ0n) is 13.4. The van der Waals surface area contributed by atoms with Crippen molar-refractivity contribution in [3.63, 3.8) is 0 Å². The monoisotopic (exact) mass is 291 g/mol. The third-order valence-corrected chi connectivity index (χ3v) is 3.43.